The molecule has 17 heavy (non-hydrogen) atoms. The summed E-state index contributed by atoms with van der Waals surface area (Å²) in [7, 11) is 0. The summed E-state index contributed by atoms with van der Waals surface area (Å²) in [5.74, 6) is 4.28. The molecular weight excluding hydrogens is 236 g/mol. The molecular formula is C13H17ClN2O. The highest BCUT2D eigenvalue weighted by Gasteiger charge is 2.50. The van der Waals surface area contributed by atoms with Gasteiger partial charge < -0.3 is 10.3 Å². The summed E-state index contributed by atoms with van der Waals surface area (Å²) >= 11 is 6.22. The molecule has 0 amide bonds. The minimum Gasteiger partial charge on any atom is -0.366 e. The predicted octanol–water partition coefficient (Wildman–Crippen LogP) is 3.45. The monoisotopic (exact) mass is 252 g/mol. The maximum atomic E-state index is 6.22. The van der Waals surface area contributed by atoms with E-state index >= 15 is 0 Å². The highest BCUT2D eigenvalue weighted by molar-refractivity contribution is 6.33. The van der Waals surface area contributed by atoms with Crippen LogP contribution >= 0.6 is 11.6 Å². The lowest BCUT2D eigenvalue weighted by atomic mass is 9.51. The molecule has 1 aromatic rings. The van der Waals surface area contributed by atoms with Gasteiger partial charge in [-0.2, -0.15) is 0 Å². The van der Waals surface area contributed by atoms with Gasteiger partial charge in [-0.1, -0.05) is 16.8 Å². The third kappa shape index (κ3) is 1.38. The molecule has 4 fully saturated rings. The standard InChI is InChI=1S/C13H17ClN2O/c14-11-12(16-17-13(11)15)10-8-2-6-1-7(4-8)5-9(10)3-6/h6-10H,1-5,15H2. The number of anilines is 1. The van der Waals surface area contributed by atoms with Gasteiger partial charge >= 0.3 is 0 Å². The number of hydrogen-bond acceptors (Lipinski definition) is 3. The van der Waals surface area contributed by atoms with Crippen molar-refractivity contribution in [3.8, 4) is 0 Å². The van der Waals surface area contributed by atoms with Crippen LogP contribution in [0.4, 0.5) is 5.88 Å². The number of nitrogens with zero attached hydrogens (tertiary/aromatic N) is 1. The van der Waals surface area contributed by atoms with Gasteiger partial charge in [-0.05, 0) is 55.8 Å². The van der Waals surface area contributed by atoms with E-state index in [1.807, 2.05) is 0 Å². The van der Waals surface area contributed by atoms with Gasteiger partial charge in [0.25, 0.3) is 0 Å². The molecule has 92 valence electrons. The van der Waals surface area contributed by atoms with Crippen LogP contribution < -0.4 is 5.73 Å². The summed E-state index contributed by atoms with van der Waals surface area (Å²) in [6, 6.07) is 0. The van der Waals surface area contributed by atoms with Crippen molar-refractivity contribution in [2.45, 2.75) is 38.0 Å². The van der Waals surface area contributed by atoms with E-state index in [0.29, 0.717) is 10.9 Å². The van der Waals surface area contributed by atoms with Crippen LogP contribution in [0.5, 0.6) is 0 Å². The fraction of sp³-hybridized carbons (Fsp3) is 0.769. The van der Waals surface area contributed by atoms with Crippen molar-refractivity contribution in [3.05, 3.63) is 10.7 Å². The molecule has 0 radical (unpaired) electrons. The number of nitrogen functional groups attached to an aromatic ring is 1. The van der Waals surface area contributed by atoms with E-state index in [-0.39, 0.29) is 5.88 Å². The molecule has 4 aliphatic rings. The second kappa shape index (κ2) is 3.41. The molecule has 0 saturated heterocycles. The van der Waals surface area contributed by atoms with E-state index in [9.17, 15) is 0 Å². The zero-order chi connectivity index (χ0) is 11.6. The van der Waals surface area contributed by atoms with Gasteiger partial charge in [0, 0.05) is 5.92 Å². The Morgan fingerprint density at radius 1 is 1.06 bits per heavy atom. The third-order valence-electron chi connectivity index (χ3n) is 5.23. The fourth-order valence-electron chi connectivity index (χ4n) is 4.88. The van der Waals surface area contributed by atoms with E-state index < -0.39 is 0 Å². The average Bonchev–Trinajstić information content (AvgIpc) is 2.60. The lowest BCUT2D eigenvalue weighted by Crippen LogP contribution is -2.43. The summed E-state index contributed by atoms with van der Waals surface area (Å²) < 4.78 is 5.05. The van der Waals surface area contributed by atoms with E-state index in [1.54, 1.807) is 0 Å². The first-order valence-corrected chi connectivity index (χ1v) is 7.00. The van der Waals surface area contributed by atoms with Crippen LogP contribution in [-0.4, -0.2) is 5.16 Å². The number of aromatic nitrogens is 1. The SMILES string of the molecule is Nc1onc(C2C3CC4CC(C3)CC2C4)c1Cl. The summed E-state index contributed by atoms with van der Waals surface area (Å²) in [4.78, 5) is 0. The number of rotatable bonds is 1. The van der Waals surface area contributed by atoms with Gasteiger partial charge in [0.15, 0.2) is 0 Å². The molecule has 4 aliphatic carbocycles. The highest BCUT2D eigenvalue weighted by Crippen LogP contribution is 2.60. The fourth-order valence-corrected chi connectivity index (χ4v) is 5.08. The van der Waals surface area contributed by atoms with Crippen molar-refractivity contribution in [1.29, 1.82) is 0 Å². The largest absolute Gasteiger partial charge is 0.366 e. The zero-order valence-corrected chi connectivity index (χ0v) is 10.5. The first-order valence-electron chi connectivity index (χ1n) is 6.63. The Morgan fingerprint density at radius 2 is 1.65 bits per heavy atom. The smallest absolute Gasteiger partial charge is 0.241 e. The number of halogens is 1. The Kier molecular flexibility index (Phi) is 2.05. The zero-order valence-electron chi connectivity index (χ0n) is 9.73. The Labute approximate surface area is 106 Å². The highest BCUT2D eigenvalue weighted by atomic mass is 35.5. The van der Waals surface area contributed by atoms with E-state index in [0.717, 1.165) is 29.4 Å². The summed E-state index contributed by atoms with van der Waals surface area (Å²) in [5, 5.41) is 4.70. The molecule has 4 bridgehead atoms. The molecule has 1 aromatic heterocycles. The number of hydrogen-bond donors (Lipinski definition) is 1. The maximum absolute atomic E-state index is 6.22. The molecule has 4 heteroatoms. The number of nitrogens with two attached hydrogens (primary N) is 1. The van der Waals surface area contributed by atoms with Gasteiger partial charge in [-0.3, -0.25) is 0 Å². The quantitative estimate of drug-likeness (QED) is 0.833. The first-order chi connectivity index (χ1) is 8.22. The lowest BCUT2D eigenvalue weighted by Gasteiger charge is -2.53. The van der Waals surface area contributed by atoms with Crippen molar-refractivity contribution in [2.24, 2.45) is 23.7 Å². The van der Waals surface area contributed by atoms with Crippen LogP contribution in [0.15, 0.2) is 4.52 Å². The summed E-state index contributed by atoms with van der Waals surface area (Å²) in [6.07, 6.45) is 6.91. The summed E-state index contributed by atoms with van der Waals surface area (Å²) in [6.45, 7) is 0. The van der Waals surface area contributed by atoms with E-state index in [1.165, 1.54) is 32.1 Å². The van der Waals surface area contributed by atoms with E-state index in [4.69, 9.17) is 21.9 Å². The van der Waals surface area contributed by atoms with Gasteiger partial charge in [0.2, 0.25) is 5.88 Å². The van der Waals surface area contributed by atoms with Crippen molar-refractivity contribution in [1.82, 2.24) is 5.16 Å². The topological polar surface area (TPSA) is 52.0 Å². The summed E-state index contributed by atoms with van der Waals surface area (Å²) in [5.41, 5.74) is 6.62. The average molecular weight is 253 g/mol. The second-order valence-corrected chi connectivity index (χ2v) is 6.58. The van der Waals surface area contributed by atoms with Gasteiger partial charge in [0.05, 0.1) is 0 Å². The predicted molar refractivity (Wildman–Crippen MR) is 65.7 cm³/mol. The minimum atomic E-state index is 0.287. The Hall–Kier alpha value is -0.700. The molecule has 3 nitrogen and oxygen atoms in total. The normalized spacial score (nSPS) is 43.2. The van der Waals surface area contributed by atoms with Crippen molar-refractivity contribution in [3.63, 3.8) is 0 Å². The second-order valence-electron chi connectivity index (χ2n) is 6.20. The molecule has 0 unspecified atom stereocenters. The van der Waals surface area contributed by atoms with E-state index in [2.05, 4.69) is 5.16 Å². The van der Waals surface area contributed by atoms with Gasteiger partial charge in [0.1, 0.15) is 10.7 Å². The molecule has 5 rings (SSSR count). The van der Waals surface area contributed by atoms with Crippen LogP contribution in [0.2, 0.25) is 5.02 Å². The molecule has 2 N–H and O–H groups in total. The molecule has 0 spiro atoms. The van der Waals surface area contributed by atoms with Crippen LogP contribution in [0.25, 0.3) is 0 Å². The molecule has 1 heterocycles. The molecule has 0 aliphatic heterocycles. The van der Waals surface area contributed by atoms with Crippen molar-refractivity contribution < 1.29 is 4.52 Å². The third-order valence-corrected chi connectivity index (χ3v) is 5.61. The van der Waals surface area contributed by atoms with Gasteiger partial charge in [-0.25, -0.2) is 0 Å². The van der Waals surface area contributed by atoms with Gasteiger partial charge in [-0.15, -0.1) is 0 Å². The minimum absolute atomic E-state index is 0.287. The Balaban J connectivity index is 1.73. The maximum Gasteiger partial charge on any atom is 0.241 e. The van der Waals surface area contributed by atoms with Crippen LogP contribution in [0.1, 0.15) is 43.7 Å². The van der Waals surface area contributed by atoms with Crippen LogP contribution in [-0.2, 0) is 0 Å². The van der Waals surface area contributed by atoms with Crippen LogP contribution in [0.3, 0.4) is 0 Å². The molecule has 0 aromatic carbocycles. The lowest BCUT2D eigenvalue weighted by molar-refractivity contribution is -0.00501. The first kappa shape index (κ1) is 10.2. The van der Waals surface area contributed by atoms with Crippen molar-refractivity contribution >= 4 is 17.5 Å². The molecule has 4 saturated carbocycles. The van der Waals surface area contributed by atoms with Crippen molar-refractivity contribution in [2.75, 3.05) is 5.73 Å². The molecule has 0 atom stereocenters. The Morgan fingerprint density at radius 3 is 2.12 bits per heavy atom. The van der Waals surface area contributed by atoms with Crippen LogP contribution in [0, 0.1) is 23.7 Å². The Bertz CT molecular complexity index is 428.